The lowest BCUT2D eigenvalue weighted by Crippen LogP contribution is -2.37. The van der Waals surface area contributed by atoms with Crippen LogP contribution in [0.5, 0.6) is 5.75 Å². The number of likely N-dealkylation sites (tertiary alicyclic amines) is 1. The highest BCUT2D eigenvalue weighted by atomic mass is 16.5. The molecule has 1 aliphatic rings. The maximum Gasteiger partial charge on any atom is 0.256 e. The number of benzene rings is 1. The van der Waals surface area contributed by atoms with Gasteiger partial charge >= 0.3 is 0 Å². The van der Waals surface area contributed by atoms with E-state index in [-0.39, 0.29) is 11.9 Å². The fraction of sp³-hybridized carbons (Fsp3) is 0.364. The Kier molecular flexibility index (Phi) is 5.67. The topological polar surface area (TPSA) is 64.3 Å². The number of hydrogen-bond donors (Lipinski definition) is 1. The molecule has 0 bridgehead atoms. The number of rotatable bonds is 7. The van der Waals surface area contributed by atoms with Gasteiger partial charge < -0.3 is 14.6 Å². The normalized spacial score (nSPS) is 15.4. The van der Waals surface area contributed by atoms with Crippen LogP contribution in [0.4, 0.5) is 0 Å². The van der Waals surface area contributed by atoms with Crippen molar-refractivity contribution in [3.05, 3.63) is 66.1 Å². The van der Waals surface area contributed by atoms with Gasteiger partial charge in [-0.2, -0.15) is 5.10 Å². The number of aromatic nitrogens is 3. The summed E-state index contributed by atoms with van der Waals surface area (Å²) in [5.41, 5.74) is 1.66. The SMILES string of the molecule is COc1ccccc1C(CNC(=O)c1cnn(C)c1-n1cccc1)N1CCCC1. The summed E-state index contributed by atoms with van der Waals surface area (Å²) in [6.45, 7) is 2.57. The molecule has 3 aromatic rings. The van der Waals surface area contributed by atoms with Gasteiger partial charge in [0.1, 0.15) is 17.1 Å². The number of aryl methyl sites for hydroxylation is 1. The number of nitrogens with zero attached hydrogens (tertiary/aromatic N) is 4. The molecule has 3 heterocycles. The van der Waals surface area contributed by atoms with Gasteiger partial charge in [-0.05, 0) is 44.1 Å². The average Bonchev–Trinajstić information content (AvgIpc) is 3.50. The fourth-order valence-electron chi connectivity index (χ4n) is 4.09. The summed E-state index contributed by atoms with van der Waals surface area (Å²) in [5.74, 6) is 1.48. The van der Waals surface area contributed by atoms with E-state index in [1.165, 1.54) is 12.8 Å². The van der Waals surface area contributed by atoms with Crippen LogP contribution in [0.25, 0.3) is 5.82 Å². The lowest BCUT2D eigenvalue weighted by atomic mass is 10.0. The number of ether oxygens (including phenoxy) is 1. The van der Waals surface area contributed by atoms with Gasteiger partial charge in [-0.1, -0.05) is 18.2 Å². The van der Waals surface area contributed by atoms with E-state index in [0.717, 1.165) is 30.2 Å². The van der Waals surface area contributed by atoms with E-state index in [0.29, 0.717) is 12.1 Å². The van der Waals surface area contributed by atoms with Crippen molar-refractivity contribution in [2.24, 2.45) is 7.05 Å². The first-order valence-electron chi connectivity index (χ1n) is 9.99. The zero-order chi connectivity index (χ0) is 20.2. The van der Waals surface area contributed by atoms with Crippen molar-refractivity contribution < 1.29 is 9.53 Å². The lowest BCUT2D eigenvalue weighted by molar-refractivity contribution is 0.0937. The Labute approximate surface area is 170 Å². The molecular weight excluding hydrogens is 366 g/mol. The van der Waals surface area contributed by atoms with Crippen molar-refractivity contribution in [2.75, 3.05) is 26.7 Å². The summed E-state index contributed by atoms with van der Waals surface area (Å²) in [7, 11) is 3.53. The molecule has 1 saturated heterocycles. The first-order valence-corrected chi connectivity index (χ1v) is 9.99. The van der Waals surface area contributed by atoms with Crippen LogP contribution in [0.1, 0.15) is 34.8 Å². The zero-order valence-corrected chi connectivity index (χ0v) is 16.9. The Morgan fingerprint density at radius 2 is 1.90 bits per heavy atom. The van der Waals surface area contributed by atoms with Gasteiger partial charge in [-0.25, -0.2) is 0 Å². The molecule has 29 heavy (non-hydrogen) atoms. The third-order valence-corrected chi connectivity index (χ3v) is 5.54. The second-order valence-corrected chi connectivity index (χ2v) is 7.31. The molecule has 0 aliphatic carbocycles. The number of methoxy groups -OCH3 is 1. The van der Waals surface area contributed by atoms with E-state index < -0.39 is 0 Å². The molecule has 1 N–H and O–H groups in total. The Morgan fingerprint density at radius 1 is 1.17 bits per heavy atom. The van der Waals surface area contributed by atoms with Crippen molar-refractivity contribution in [2.45, 2.75) is 18.9 Å². The maximum absolute atomic E-state index is 13.1. The Hall–Kier alpha value is -3.06. The largest absolute Gasteiger partial charge is 0.496 e. The summed E-state index contributed by atoms with van der Waals surface area (Å²) >= 11 is 0. The Bertz CT molecular complexity index is 958. The van der Waals surface area contributed by atoms with E-state index in [4.69, 9.17) is 4.74 Å². The van der Waals surface area contributed by atoms with Crippen LogP contribution >= 0.6 is 0 Å². The molecule has 1 aliphatic heterocycles. The van der Waals surface area contributed by atoms with Gasteiger partial charge in [0, 0.05) is 31.5 Å². The molecule has 1 aromatic carbocycles. The molecule has 0 spiro atoms. The minimum Gasteiger partial charge on any atom is -0.496 e. The first kappa shape index (κ1) is 19.3. The van der Waals surface area contributed by atoms with Gasteiger partial charge in [0.05, 0.1) is 19.3 Å². The van der Waals surface area contributed by atoms with Gasteiger partial charge in [0.2, 0.25) is 0 Å². The number of amides is 1. The smallest absolute Gasteiger partial charge is 0.256 e. The predicted octanol–water partition coefficient (Wildman–Crippen LogP) is 2.79. The van der Waals surface area contributed by atoms with Gasteiger partial charge in [-0.15, -0.1) is 0 Å². The maximum atomic E-state index is 13.1. The summed E-state index contributed by atoms with van der Waals surface area (Å²) in [6, 6.07) is 12.0. The Morgan fingerprint density at radius 3 is 2.62 bits per heavy atom. The molecule has 7 nitrogen and oxygen atoms in total. The molecule has 1 fully saturated rings. The van der Waals surface area contributed by atoms with E-state index in [1.807, 2.05) is 54.3 Å². The van der Waals surface area contributed by atoms with Crippen molar-refractivity contribution >= 4 is 5.91 Å². The highest BCUT2D eigenvalue weighted by Gasteiger charge is 2.27. The average molecular weight is 393 g/mol. The third kappa shape index (κ3) is 3.91. The molecule has 0 radical (unpaired) electrons. The number of carbonyl (C=O) groups is 1. The van der Waals surface area contributed by atoms with Crippen LogP contribution in [0.2, 0.25) is 0 Å². The molecule has 1 atom stereocenters. The fourth-order valence-corrected chi connectivity index (χ4v) is 4.09. The van der Waals surface area contributed by atoms with Crippen LogP contribution in [-0.4, -0.2) is 51.9 Å². The number of carbonyl (C=O) groups excluding carboxylic acids is 1. The van der Waals surface area contributed by atoms with E-state index >= 15 is 0 Å². The second kappa shape index (κ2) is 8.53. The van der Waals surface area contributed by atoms with Gasteiger partial charge in [0.15, 0.2) is 0 Å². The molecule has 1 unspecified atom stereocenters. The monoisotopic (exact) mass is 393 g/mol. The van der Waals surface area contributed by atoms with E-state index in [1.54, 1.807) is 18.0 Å². The van der Waals surface area contributed by atoms with Gasteiger partial charge in [0.25, 0.3) is 5.91 Å². The lowest BCUT2D eigenvalue weighted by Gasteiger charge is -2.29. The summed E-state index contributed by atoms with van der Waals surface area (Å²) in [4.78, 5) is 15.5. The standard InChI is InChI=1S/C22H27N5O2/c1-25-22(27-13-7-8-14-27)18(15-24-25)21(28)23-16-19(26-11-5-6-12-26)17-9-3-4-10-20(17)29-2/h3-4,7-10,13-15,19H,5-6,11-12,16H2,1-2H3,(H,23,28). The second-order valence-electron chi connectivity index (χ2n) is 7.31. The van der Waals surface area contributed by atoms with Crippen LogP contribution in [0, 0.1) is 0 Å². The quantitative estimate of drug-likeness (QED) is 0.670. The summed E-state index contributed by atoms with van der Waals surface area (Å²) in [5, 5.41) is 7.43. The molecule has 152 valence electrons. The van der Waals surface area contributed by atoms with Crippen LogP contribution < -0.4 is 10.1 Å². The highest BCUT2D eigenvalue weighted by molar-refractivity contribution is 5.97. The summed E-state index contributed by atoms with van der Waals surface area (Å²) < 4.78 is 9.21. The number of nitrogens with one attached hydrogen (secondary N) is 1. The zero-order valence-electron chi connectivity index (χ0n) is 16.9. The van der Waals surface area contributed by atoms with Crippen molar-refractivity contribution in [1.82, 2.24) is 24.6 Å². The van der Waals surface area contributed by atoms with E-state index in [9.17, 15) is 4.79 Å². The highest BCUT2D eigenvalue weighted by Crippen LogP contribution is 2.31. The van der Waals surface area contributed by atoms with Crippen LogP contribution in [0.3, 0.4) is 0 Å². The van der Waals surface area contributed by atoms with Crippen LogP contribution in [-0.2, 0) is 7.05 Å². The van der Waals surface area contributed by atoms with Crippen LogP contribution in [0.15, 0.2) is 55.0 Å². The summed E-state index contributed by atoms with van der Waals surface area (Å²) in [6.07, 6.45) is 7.81. The predicted molar refractivity (Wildman–Crippen MR) is 111 cm³/mol. The molecule has 1 amide bonds. The number of hydrogen-bond acceptors (Lipinski definition) is 4. The first-order chi connectivity index (χ1) is 14.2. The van der Waals surface area contributed by atoms with E-state index in [2.05, 4.69) is 21.4 Å². The molecule has 2 aromatic heterocycles. The third-order valence-electron chi connectivity index (χ3n) is 5.54. The molecular formula is C22H27N5O2. The van der Waals surface area contributed by atoms with Crippen molar-refractivity contribution in [1.29, 1.82) is 0 Å². The molecule has 0 saturated carbocycles. The van der Waals surface area contributed by atoms with Crippen molar-refractivity contribution in [3.8, 4) is 11.6 Å². The minimum atomic E-state index is -0.124. The van der Waals surface area contributed by atoms with Crippen molar-refractivity contribution in [3.63, 3.8) is 0 Å². The Balaban J connectivity index is 1.56. The molecule has 7 heteroatoms. The number of para-hydroxylation sites is 1. The molecule has 4 rings (SSSR count). The van der Waals surface area contributed by atoms with Gasteiger partial charge in [-0.3, -0.25) is 14.4 Å². The minimum absolute atomic E-state index is 0.0734.